The molecule has 27 heavy (non-hydrogen) atoms. The molecule has 2 aromatic carbocycles. The van der Waals surface area contributed by atoms with E-state index in [-0.39, 0.29) is 11.3 Å². The van der Waals surface area contributed by atoms with E-state index in [0.29, 0.717) is 11.5 Å². The smallest absolute Gasteiger partial charge is 0.335 e. The van der Waals surface area contributed by atoms with Crippen molar-refractivity contribution in [3.05, 3.63) is 53.6 Å². The van der Waals surface area contributed by atoms with Crippen LogP contribution in [0.2, 0.25) is 0 Å². The normalized spacial score (nSPS) is 19.7. The Balaban J connectivity index is 1.65. The molecule has 0 atom stereocenters. The van der Waals surface area contributed by atoms with E-state index in [1.165, 1.54) is 75.1 Å². The molecular formula is C24H30O3. The Kier molecular flexibility index (Phi) is 6.54. The third-order valence-corrected chi connectivity index (χ3v) is 6.00. The zero-order chi connectivity index (χ0) is 19.2. The van der Waals surface area contributed by atoms with Gasteiger partial charge in [-0.2, -0.15) is 0 Å². The number of benzene rings is 2. The summed E-state index contributed by atoms with van der Waals surface area (Å²) in [6.45, 7) is 2.26. The summed E-state index contributed by atoms with van der Waals surface area (Å²) in [7, 11) is 0. The van der Waals surface area contributed by atoms with Gasteiger partial charge in [0.15, 0.2) is 0 Å². The highest BCUT2D eigenvalue weighted by molar-refractivity contribution is 5.90. The number of aromatic hydroxyl groups is 1. The zero-order valence-corrected chi connectivity index (χ0v) is 16.2. The highest BCUT2D eigenvalue weighted by Gasteiger charge is 2.22. The molecule has 0 spiro atoms. The van der Waals surface area contributed by atoms with E-state index in [0.717, 1.165) is 11.5 Å². The van der Waals surface area contributed by atoms with E-state index < -0.39 is 5.97 Å². The summed E-state index contributed by atoms with van der Waals surface area (Å²) in [5, 5.41) is 19.3. The summed E-state index contributed by atoms with van der Waals surface area (Å²) < 4.78 is 0. The second-order valence-corrected chi connectivity index (χ2v) is 7.87. The maximum atomic E-state index is 11.2. The molecule has 0 aromatic heterocycles. The molecule has 1 aliphatic rings. The summed E-state index contributed by atoms with van der Waals surface area (Å²) >= 11 is 0. The number of phenols is 1. The molecule has 1 saturated carbocycles. The first-order valence-electron chi connectivity index (χ1n) is 10.2. The SMILES string of the molecule is CCCCCC1CCC(c2ccc(-c3cc(C(=O)O)ccc3O)cc2)CC1. The van der Waals surface area contributed by atoms with Gasteiger partial charge in [0.2, 0.25) is 0 Å². The number of carboxylic acid groups (broad SMARTS) is 1. The van der Waals surface area contributed by atoms with Crippen molar-refractivity contribution in [2.75, 3.05) is 0 Å². The van der Waals surface area contributed by atoms with Crippen molar-refractivity contribution in [2.24, 2.45) is 5.92 Å². The molecule has 0 bridgehead atoms. The Labute approximate surface area is 162 Å². The van der Waals surface area contributed by atoms with E-state index >= 15 is 0 Å². The predicted octanol–water partition coefficient (Wildman–Crippen LogP) is 6.61. The molecule has 0 aliphatic heterocycles. The maximum absolute atomic E-state index is 11.2. The Morgan fingerprint density at radius 2 is 1.70 bits per heavy atom. The van der Waals surface area contributed by atoms with Gasteiger partial charge in [-0.25, -0.2) is 4.79 Å². The van der Waals surface area contributed by atoms with Crippen molar-refractivity contribution < 1.29 is 15.0 Å². The van der Waals surface area contributed by atoms with Crippen LogP contribution >= 0.6 is 0 Å². The van der Waals surface area contributed by atoms with Crippen LogP contribution in [-0.2, 0) is 0 Å². The van der Waals surface area contributed by atoms with Crippen LogP contribution in [0.25, 0.3) is 11.1 Å². The summed E-state index contributed by atoms with van der Waals surface area (Å²) in [4.78, 5) is 11.2. The van der Waals surface area contributed by atoms with Crippen LogP contribution in [0.1, 0.15) is 80.1 Å². The molecule has 0 radical (unpaired) electrons. The molecule has 1 aliphatic carbocycles. The fourth-order valence-electron chi connectivity index (χ4n) is 4.30. The van der Waals surface area contributed by atoms with Crippen molar-refractivity contribution in [1.29, 1.82) is 0 Å². The fourth-order valence-corrected chi connectivity index (χ4v) is 4.30. The minimum Gasteiger partial charge on any atom is -0.507 e. The number of unbranched alkanes of at least 4 members (excludes halogenated alkanes) is 2. The number of carbonyl (C=O) groups is 1. The standard InChI is InChI=1S/C24H30O3/c1-2-3-4-5-17-6-8-18(9-7-17)19-10-12-20(13-11-19)22-16-21(24(26)27)14-15-23(22)25/h10-18,25H,2-9H2,1H3,(H,26,27). The van der Waals surface area contributed by atoms with E-state index in [1.54, 1.807) is 0 Å². The number of phenolic OH excluding ortho intramolecular Hbond substituents is 1. The van der Waals surface area contributed by atoms with Crippen LogP contribution < -0.4 is 0 Å². The average molecular weight is 367 g/mol. The largest absolute Gasteiger partial charge is 0.507 e. The van der Waals surface area contributed by atoms with E-state index in [1.807, 2.05) is 12.1 Å². The third kappa shape index (κ3) is 4.91. The first-order chi connectivity index (χ1) is 13.1. The number of rotatable bonds is 7. The Morgan fingerprint density at radius 3 is 2.33 bits per heavy atom. The lowest BCUT2D eigenvalue weighted by atomic mass is 9.77. The molecule has 0 amide bonds. The van der Waals surface area contributed by atoms with Gasteiger partial charge in [-0.1, -0.05) is 56.9 Å². The quantitative estimate of drug-likeness (QED) is 0.542. The Morgan fingerprint density at radius 1 is 1.00 bits per heavy atom. The molecule has 1 fully saturated rings. The van der Waals surface area contributed by atoms with Crippen molar-refractivity contribution >= 4 is 5.97 Å². The molecule has 3 nitrogen and oxygen atoms in total. The van der Waals surface area contributed by atoms with E-state index in [4.69, 9.17) is 5.11 Å². The number of aromatic carboxylic acids is 1. The highest BCUT2D eigenvalue weighted by Crippen LogP contribution is 2.39. The topological polar surface area (TPSA) is 57.5 Å². The molecule has 2 aromatic rings. The van der Waals surface area contributed by atoms with Gasteiger partial charge >= 0.3 is 5.97 Å². The van der Waals surface area contributed by atoms with Gasteiger partial charge in [0.25, 0.3) is 0 Å². The van der Waals surface area contributed by atoms with Crippen molar-refractivity contribution in [2.45, 2.75) is 64.2 Å². The third-order valence-electron chi connectivity index (χ3n) is 6.00. The Hall–Kier alpha value is -2.29. The predicted molar refractivity (Wildman–Crippen MR) is 109 cm³/mol. The second-order valence-electron chi connectivity index (χ2n) is 7.87. The van der Waals surface area contributed by atoms with Crippen molar-refractivity contribution in [3.63, 3.8) is 0 Å². The van der Waals surface area contributed by atoms with Crippen LogP contribution in [0.5, 0.6) is 5.75 Å². The maximum Gasteiger partial charge on any atom is 0.335 e. The minimum atomic E-state index is -0.983. The van der Waals surface area contributed by atoms with Crippen molar-refractivity contribution in [3.8, 4) is 16.9 Å². The van der Waals surface area contributed by atoms with Crippen LogP contribution in [0.15, 0.2) is 42.5 Å². The van der Waals surface area contributed by atoms with Gasteiger partial charge < -0.3 is 10.2 Å². The molecule has 2 N–H and O–H groups in total. The summed E-state index contributed by atoms with van der Waals surface area (Å²) in [6, 6.07) is 12.7. The zero-order valence-electron chi connectivity index (χ0n) is 16.2. The molecular weight excluding hydrogens is 336 g/mol. The van der Waals surface area contributed by atoms with Gasteiger partial charge in [0, 0.05) is 5.56 Å². The average Bonchev–Trinajstić information content (AvgIpc) is 2.69. The van der Waals surface area contributed by atoms with Crippen molar-refractivity contribution in [1.82, 2.24) is 0 Å². The lowest BCUT2D eigenvalue weighted by Crippen LogP contribution is -2.13. The fraction of sp³-hybridized carbons (Fsp3) is 0.458. The minimum absolute atomic E-state index is 0.111. The van der Waals surface area contributed by atoms with Gasteiger partial charge in [-0.3, -0.25) is 0 Å². The van der Waals surface area contributed by atoms with Gasteiger partial charge in [0.05, 0.1) is 5.56 Å². The van der Waals surface area contributed by atoms with Crippen LogP contribution in [0.4, 0.5) is 0 Å². The number of hydrogen-bond donors (Lipinski definition) is 2. The summed E-state index contributed by atoms with van der Waals surface area (Å²) in [5.74, 6) is 0.659. The number of hydrogen-bond acceptors (Lipinski definition) is 2. The van der Waals surface area contributed by atoms with Crippen LogP contribution in [0, 0.1) is 5.92 Å². The summed E-state index contributed by atoms with van der Waals surface area (Å²) in [5.41, 5.74) is 2.97. The Bertz CT molecular complexity index is 756. The highest BCUT2D eigenvalue weighted by atomic mass is 16.4. The molecule has 144 valence electrons. The molecule has 3 heteroatoms. The first-order valence-corrected chi connectivity index (χ1v) is 10.2. The molecule has 0 unspecified atom stereocenters. The van der Waals surface area contributed by atoms with Crippen LogP contribution in [-0.4, -0.2) is 16.2 Å². The van der Waals surface area contributed by atoms with Gasteiger partial charge in [-0.05, 0) is 66.8 Å². The lowest BCUT2D eigenvalue weighted by Gasteiger charge is -2.29. The first kappa shape index (κ1) is 19.5. The molecule has 0 saturated heterocycles. The molecule has 0 heterocycles. The van der Waals surface area contributed by atoms with E-state index in [9.17, 15) is 9.90 Å². The van der Waals surface area contributed by atoms with Gasteiger partial charge in [0.1, 0.15) is 5.75 Å². The van der Waals surface area contributed by atoms with Crippen LogP contribution in [0.3, 0.4) is 0 Å². The molecule has 3 rings (SSSR count). The monoisotopic (exact) mass is 366 g/mol. The second kappa shape index (κ2) is 9.07. The number of carboxylic acids is 1. The van der Waals surface area contributed by atoms with Gasteiger partial charge in [-0.15, -0.1) is 0 Å². The summed E-state index contributed by atoms with van der Waals surface area (Å²) in [6.07, 6.45) is 10.6. The lowest BCUT2D eigenvalue weighted by molar-refractivity contribution is 0.0697. The van der Waals surface area contributed by atoms with E-state index in [2.05, 4.69) is 19.1 Å².